The highest BCUT2D eigenvalue weighted by atomic mass is 33.1. The Morgan fingerprint density at radius 3 is 2.56 bits per heavy atom. The Balaban J connectivity index is 0.921. The topological polar surface area (TPSA) is 215 Å². The number of carbonyl (C=O) groups excluding carboxylic acids is 4. The van der Waals surface area contributed by atoms with Gasteiger partial charge in [-0.25, -0.2) is 14.6 Å². The molecule has 1 aromatic rings. The average molecular weight is 1210 g/mol. The van der Waals surface area contributed by atoms with E-state index in [4.69, 9.17) is 9.47 Å². The van der Waals surface area contributed by atoms with Crippen LogP contribution in [0.3, 0.4) is 0 Å². The number of aliphatic hydroxyl groups is 3. The monoisotopic (exact) mass is 1210 g/mol. The summed E-state index contributed by atoms with van der Waals surface area (Å²) < 4.78 is 13.5. The minimum absolute atomic E-state index is 0.0348. The van der Waals surface area contributed by atoms with Crippen molar-refractivity contribution < 1.29 is 44.0 Å². The average Bonchev–Trinajstić information content (AvgIpc) is 1.37. The number of dihydropyridines is 1. The van der Waals surface area contributed by atoms with Crippen molar-refractivity contribution in [3.8, 4) is 11.8 Å². The molecular weight excluding hydrogens is 1120 g/mol. The molecular formula is C69H86N6O9S2. The second-order valence-corrected chi connectivity index (χ2v) is 30.3. The lowest BCUT2D eigenvalue weighted by Crippen LogP contribution is -2.54. The number of allylic oxidation sites excluding steroid dienone is 7. The molecule has 14 aliphatic rings. The Hall–Kier alpha value is -5.09. The number of imidazole rings is 1. The number of amides is 2. The highest BCUT2D eigenvalue weighted by Crippen LogP contribution is 2.72. The molecule has 0 aromatic carbocycles. The van der Waals surface area contributed by atoms with Crippen LogP contribution in [0.25, 0.3) is 0 Å². The van der Waals surface area contributed by atoms with Gasteiger partial charge in [-0.15, -0.1) is 0 Å². The molecule has 458 valence electrons. The summed E-state index contributed by atoms with van der Waals surface area (Å²) in [4.78, 5) is 67.3. The fraction of sp³-hybridized carbons (Fsp3) is 0.638. The first kappa shape index (κ1) is 58.6. The Morgan fingerprint density at radius 1 is 0.907 bits per heavy atom. The molecule has 7 N–H and O–H groups in total. The summed E-state index contributed by atoms with van der Waals surface area (Å²) in [5.74, 6) is 8.27. The zero-order chi connectivity index (χ0) is 58.8. The highest BCUT2D eigenvalue weighted by Gasteiger charge is 2.69. The van der Waals surface area contributed by atoms with Gasteiger partial charge in [-0.05, 0) is 190 Å². The number of hydrogen-bond donors (Lipinski definition) is 7. The summed E-state index contributed by atoms with van der Waals surface area (Å²) in [6.07, 6.45) is 36.5. The summed E-state index contributed by atoms with van der Waals surface area (Å²) in [5, 5.41) is 45.2. The van der Waals surface area contributed by atoms with E-state index in [2.05, 4.69) is 81.1 Å². The Labute approximate surface area is 514 Å². The number of ether oxygens (including phenoxy) is 2. The standard InChI is InChI=1S/C69H86N6O9S2/c1-2-68(21-5-6-22-68)31-55-50-14-13-49-48-19-23-69(63(49)62(50)66(81)83-55)56-16-15-51(60-45-12-11-42-10-9-39(35-76)25-41(36-77)26-40(27-45)28-52(42)60)65(72-33-54(78)47-8-4-3-7-43(47)29-46-32-70-37-73-46)86-85-38-74-57-30-44(20-24-71-57)53(61(48)64(69)67(82)84-56)34-75-58(79)17-18-59(75)80/h11-12,16-18,20,30-32,37,39-43,45,47-49,51-54,60,63,65,71-72,74,76-78H,2-8,13-15,19,21-29,33-36,38H2,1H3,(H,70,73). The number of rotatable bonds is 13. The predicted molar refractivity (Wildman–Crippen MR) is 329 cm³/mol. The molecule has 86 heavy (non-hydrogen) atoms. The highest BCUT2D eigenvalue weighted by molar-refractivity contribution is 8.76. The molecule has 5 fully saturated rings. The summed E-state index contributed by atoms with van der Waals surface area (Å²) in [6.45, 7) is 3.21. The number of aromatic amines is 1. The number of hydrogen-bond acceptors (Lipinski definition) is 15. The number of nitrogens with one attached hydrogen (secondary N) is 4. The first-order valence-electron chi connectivity index (χ1n) is 32.8. The van der Waals surface area contributed by atoms with Crippen LogP contribution in [0.1, 0.15) is 128 Å². The van der Waals surface area contributed by atoms with Crippen LogP contribution in [0.15, 0.2) is 106 Å². The molecule has 10 bridgehead atoms. The van der Waals surface area contributed by atoms with E-state index in [1.807, 2.05) is 6.20 Å². The fourth-order valence-corrected chi connectivity index (χ4v) is 22.1. The molecule has 6 heterocycles. The van der Waals surface area contributed by atoms with Gasteiger partial charge < -0.3 is 45.7 Å². The van der Waals surface area contributed by atoms with Crippen molar-refractivity contribution in [1.29, 1.82) is 0 Å². The van der Waals surface area contributed by atoms with Crippen LogP contribution in [0.4, 0.5) is 0 Å². The normalized spacial score (nSPS) is 38.7. The van der Waals surface area contributed by atoms with Crippen molar-refractivity contribution in [3.05, 3.63) is 112 Å². The largest absolute Gasteiger partial charge is 0.427 e. The minimum Gasteiger partial charge on any atom is -0.427 e. The summed E-state index contributed by atoms with van der Waals surface area (Å²) in [5.41, 5.74) is 4.15. The Morgan fingerprint density at radius 2 is 1.76 bits per heavy atom. The van der Waals surface area contributed by atoms with Crippen LogP contribution in [0.2, 0.25) is 0 Å². The first-order chi connectivity index (χ1) is 42.0. The fourth-order valence-electron chi connectivity index (χ4n) is 19.7. The smallest absolute Gasteiger partial charge is 0.340 e. The van der Waals surface area contributed by atoms with Gasteiger partial charge in [-0.1, -0.05) is 84.3 Å². The second-order valence-electron chi connectivity index (χ2n) is 27.8. The van der Waals surface area contributed by atoms with E-state index in [-0.39, 0.29) is 108 Å². The molecule has 4 saturated carbocycles. The predicted octanol–water partition coefficient (Wildman–Crippen LogP) is 9.24. The van der Waals surface area contributed by atoms with Gasteiger partial charge in [0.2, 0.25) is 0 Å². The maximum Gasteiger partial charge on any atom is 0.340 e. The van der Waals surface area contributed by atoms with Crippen molar-refractivity contribution in [2.75, 3.05) is 38.7 Å². The van der Waals surface area contributed by atoms with Crippen molar-refractivity contribution in [1.82, 2.24) is 30.8 Å². The van der Waals surface area contributed by atoms with Crippen LogP contribution >= 0.6 is 21.6 Å². The molecule has 1 spiro atoms. The van der Waals surface area contributed by atoms with Crippen molar-refractivity contribution in [2.24, 2.45) is 93.7 Å². The lowest BCUT2D eigenvalue weighted by molar-refractivity contribution is -0.138. The van der Waals surface area contributed by atoms with E-state index in [1.54, 1.807) is 27.9 Å². The van der Waals surface area contributed by atoms with Crippen LogP contribution in [-0.2, 0) is 35.1 Å². The molecule has 5 aliphatic heterocycles. The second kappa shape index (κ2) is 24.4. The number of nitrogens with zero attached hydrogens (tertiary/aromatic N) is 2. The van der Waals surface area contributed by atoms with Gasteiger partial charge >= 0.3 is 11.9 Å². The molecule has 9 aliphatic carbocycles. The number of fused-ring (bicyclic) bond motifs is 4. The van der Waals surface area contributed by atoms with Crippen LogP contribution < -0.4 is 16.0 Å². The lowest BCUT2D eigenvalue weighted by Gasteiger charge is -2.57. The van der Waals surface area contributed by atoms with Gasteiger partial charge in [-0.3, -0.25) is 14.5 Å². The van der Waals surface area contributed by atoms with E-state index in [0.29, 0.717) is 79.1 Å². The van der Waals surface area contributed by atoms with Gasteiger partial charge in [0.1, 0.15) is 11.5 Å². The van der Waals surface area contributed by atoms with Crippen LogP contribution in [-0.4, -0.2) is 104 Å². The number of aliphatic hydroxyl groups excluding tert-OH is 3. The van der Waals surface area contributed by atoms with Gasteiger partial charge in [0.25, 0.3) is 11.8 Å². The van der Waals surface area contributed by atoms with E-state index in [9.17, 15) is 24.9 Å². The third-order valence-corrected chi connectivity index (χ3v) is 26.0. The summed E-state index contributed by atoms with van der Waals surface area (Å²) in [7, 11) is 3.53. The molecule has 0 radical (unpaired) electrons. The Kier molecular flexibility index (Phi) is 16.6. The van der Waals surface area contributed by atoms with Crippen molar-refractivity contribution in [3.63, 3.8) is 0 Å². The van der Waals surface area contributed by atoms with Crippen LogP contribution in [0.5, 0.6) is 0 Å². The van der Waals surface area contributed by atoms with E-state index >= 15 is 9.59 Å². The van der Waals surface area contributed by atoms with Gasteiger partial charge in [0, 0.05) is 85.1 Å². The molecule has 15 rings (SSSR count). The molecule has 1 aromatic heterocycles. The molecule has 17 unspecified atom stereocenters. The zero-order valence-corrected chi connectivity index (χ0v) is 51.3. The van der Waals surface area contributed by atoms with E-state index in [1.165, 1.54) is 17.1 Å². The zero-order valence-electron chi connectivity index (χ0n) is 49.7. The Bertz CT molecular complexity index is 3160. The summed E-state index contributed by atoms with van der Waals surface area (Å²) >= 11 is 0. The van der Waals surface area contributed by atoms with Gasteiger partial charge in [0.15, 0.2) is 0 Å². The quantitative estimate of drug-likeness (QED) is 0.0322. The number of cyclic esters (lactones) is 1. The maximum absolute atomic E-state index is 15.8. The molecule has 17 heteroatoms. The molecule has 17 atom stereocenters. The lowest BCUT2D eigenvalue weighted by atomic mass is 9.43. The van der Waals surface area contributed by atoms with Gasteiger partial charge in [0.05, 0.1) is 47.1 Å². The van der Waals surface area contributed by atoms with Crippen molar-refractivity contribution >= 4 is 45.3 Å². The van der Waals surface area contributed by atoms with Crippen LogP contribution in [0, 0.1) is 106 Å². The molecule has 1 saturated heterocycles. The minimum atomic E-state index is -1.03. The number of carbonyl (C=O) groups is 4. The van der Waals surface area contributed by atoms with Gasteiger partial charge in [-0.2, -0.15) is 0 Å². The number of imide groups is 1. The van der Waals surface area contributed by atoms with E-state index < -0.39 is 29.3 Å². The third-order valence-electron chi connectivity index (χ3n) is 23.5. The maximum atomic E-state index is 15.8. The number of aromatic nitrogens is 2. The molecule has 15 nitrogen and oxygen atoms in total. The molecule has 2 amide bonds. The van der Waals surface area contributed by atoms with Crippen molar-refractivity contribution in [2.45, 2.75) is 140 Å². The SMILES string of the molecule is CCC1(C=C2OC(=O)C3=C2CCC2C4CCC5(C6=CCC(C7C8C=CC9C#CC(CO)CC(CO)CC(C8)CC97)C(NCC(O)C7CCCCC7Cc7cnc[nH]7)SSCNC7=CC(=CCN7)C(CN7C(=O)C=CC7=O)C4=C5C(=O)O6)C32)CCCC1. The first-order valence-corrected chi connectivity index (χ1v) is 35.2. The number of H-pyrrole nitrogens is 1. The summed E-state index contributed by atoms with van der Waals surface area (Å²) in [6, 6.07) is 0. The third kappa shape index (κ3) is 10.6. The van der Waals surface area contributed by atoms with E-state index in [0.717, 1.165) is 125 Å². The number of esters is 2.